The summed E-state index contributed by atoms with van der Waals surface area (Å²) in [5.41, 5.74) is 1.05. The molecule has 3 rings (SSSR count). The molecule has 2 aromatic rings. The Morgan fingerprint density at radius 1 is 1.38 bits per heavy atom. The molecule has 2 atom stereocenters. The van der Waals surface area contributed by atoms with Gasteiger partial charge in [-0.15, -0.1) is 0 Å². The minimum Gasteiger partial charge on any atom is -0.324 e. The van der Waals surface area contributed by atoms with E-state index >= 15 is 0 Å². The summed E-state index contributed by atoms with van der Waals surface area (Å²) in [6, 6.07) is 6.09. The molecular formula is C18H23FN4O. The molecule has 1 fully saturated rings. The van der Waals surface area contributed by atoms with Gasteiger partial charge in [-0.05, 0) is 43.0 Å². The maximum absolute atomic E-state index is 13.7. The SMILES string of the molecule is CC1CCCCC1N(C)C(=O)Nc1cc(F)ccc1-n1cccn1. The van der Waals surface area contributed by atoms with Crippen LogP contribution in [0.2, 0.25) is 0 Å². The van der Waals surface area contributed by atoms with E-state index in [-0.39, 0.29) is 12.1 Å². The molecule has 2 unspecified atom stereocenters. The number of benzene rings is 1. The van der Waals surface area contributed by atoms with Gasteiger partial charge >= 0.3 is 6.03 Å². The molecule has 24 heavy (non-hydrogen) atoms. The third kappa shape index (κ3) is 3.42. The topological polar surface area (TPSA) is 50.2 Å². The van der Waals surface area contributed by atoms with E-state index in [1.807, 2.05) is 7.05 Å². The van der Waals surface area contributed by atoms with E-state index in [1.54, 1.807) is 34.1 Å². The van der Waals surface area contributed by atoms with Gasteiger partial charge in [0.1, 0.15) is 5.82 Å². The monoisotopic (exact) mass is 330 g/mol. The smallest absolute Gasteiger partial charge is 0.321 e. The summed E-state index contributed by atoms with van der Waals surface area (Å²) in [6.45, 7) is 2.19. The lowest BCUT2D eigenvalue weighted by Gasteiger charge is -2.36. The van der Waals surface area contributed by atoms with Crippen LogP contribution >= 0.6 is 0 Å². The van der Waals surface area contributed by atoms with Crippen LogP contribution in [-0.4, -0.2) is 33.8 Å². The van der Waals surface area contributed by atoms with Crippen molar-refractivity contribution in [3.8, 4) is 5.69 Å². The molecule has 1 N–H and O–H groups in total. The van der Waals surface area contributed by atoms with Crippen molar-refractivity contribution in [2.24, 2.45) is 5.92 Å². The first-order valence-corrected chi connectivity index (χ1v) is 8.39. The van der Waals surface area contributed by atoms with Gasteiger partial charge in [-0.25, -0.2) is 13.9 Å². The fourth-order valence-corrected chi connectivity index (χ4v) is 3.45. The van der Waals surface area contributed by atoms with Crippen LogP contribution in [0.4, 0.5) is 14.9 Å². The van der Waals surface area contributed by atoms with E-state index in [4.69, 9.17) is 0 Å². The van der Waals surface area contributed by atoms with Gasteiger partial charge < -0.3 is 10.2 Å². The van der Waals surface area contributed by atoms with Crippen LogP contribution in [0.15, 0.2) is 36.7 Å². The van der Waals surface area contributed by atoms with Crippen molar-refractivity contribution in [2.45, 2.75) is 38.6 Å². The van der Waals surface area contributed by atoms with E-state index in [9.17, 15) is 9.18 Å². The van der Waals surface area contributed by atoms with E-state index in [2.05, 4.69) is 17.3 Å². The number of urea groups is 1. The number of aromatic nitrogens is 2. The Hall–Kier alpha value is -2.37. The zero-order valence-corrected chi connectivity index (χ0v) is 14.1. The van der Waals surface area contributed by atoms with E-state index in [1.165, 1.54) is 18.6 Å². The van der Waals surface area contributed by atoms with E-state index in [0.717, 1.165) is 19.3 Å². The van der Waals surface area contributed by atoms with Crippen LogP contribution in [-0.2, 0) is 0 Å². The van der Waals surface area contributed by atoms with Crippen molar-refractivity contribution in [1.82, 2.24) is 14.7 Å². The highest BCUT2D eigenvalue weighted by Crippen LogP contribution is 2.28. The van der Waals surface area contributed by atoms with Crippen LogP contribution in [0.25, 0.3) is 5.69 Å². The summed E-state index contributed by atoms with van der Waals surface area (Å²) >= 11 is 0. The molecule has 128 valence electrons. The molecule has 0 bridgehead atoms. The predicted octanol–water partition coefficient (Wildman–Crippen LogP) is 4.05. The van der Waals surface area contributed by atoms with Gasteiger partial charge in [-0.3, -0.25) is 0 Å². The van der Waals surface area contributed by atoms with Crippen molar-refractivity contribution in [2.75, 3.05) is 12.4 Å². The average Bonchev–Trinajstić information content (AvgIpc) is 3.09. The Balaban J connectivity index is 1.80. The molecule has 2 amide bonds. The number of carbonyl (C=O) groups is 1. The van der Waals surface area contributed by atoms with Crippen LogP contribution in [0, 0.1) is 11.7 Å². The number of nitrogens with zero attached hydrogens (tertiary/aromatic N) is 3. The molecule has 6 heteroatoms. The molecule has 0 aliphatic heterocycles. The van der Waals surface area contributed by atoms with E-state index < -0.39 is 5.82 Å². The first-order valence-electron chi connectivity index (χ1n) is 8.39. The summed E-state index contributed by atoms with van der Waals surface area (Å²) in [5.74, 6) is 0.0856. The van der Waals surface area contributed by atoms with Crippen LogP contribution < -0.4 is 5.32 Å². The molecule has 5 nitrogen and oxygen atoms in total. The predicted molar refractivity (Wildman–Crippen MR) is 91.7 cm³/mol. The highest BCUT2D eigenvalue weighted by atomic mass is 19.1. The minimum atomic E-state index is -0.394. The normalized spacial score (nSPS) is 20.6. The maximum Gasteiger partial charge on any atom is 0.321 e. The first kappa shape index (κ1) is 16.5. The lowest BCUT2D eigenvalue weighted by atomic mass is 9.85. The van der Waals surface area contributed by atoms with Crippen molar-refractivity contribution < 1.29 is 9.18 Å². The number of hydrogen-bond acceptors (Lipinski definition) is 2. The minimum absolute atomic E-state index is 0.215. The lowest BCUT2D eigenvalue weighted by molar-refractivity contribution is 0.155. The molecule has 0 radical (unpaired) electrons. The van der Waals surface area contributed by atoms with Gasteiger partial charge in [0.2, 0.25) is 0 Å². The van der Waals surface area contributed by atoms with Gasteiger partial charge in [-0.1, -0.05) is 19.8 Å². The number of nitrogens with one attached hydrogen (secondary N) is 1. The Bertz CT molecular complexity index is 701. The summed E-state index contributed by atoms with van der Waals surface area (Å²) < 4.78 is 15.3. The number of hydrogen-bond donors (Lipinski definition) is 1. The Labute approximate surface area is 141 Å². The fraction of sp³-hybridized carbons (Fsp3) is 0.444. The molecule has 0 saturated heterocycles. The number of rotatable bonds is 3. The zero-order chi connectivity index (χ0) is 17.1. The van der Waals surface area contributed by atoms with Gasteiger partial charge in [0.15, 0.2) is 0 Å². The Kier molecular flexibility index (Phi) is 4.83. The molecule has 1 aliphatic rings. The molecule has 1 aromatic heterocycles. The van der Waals surface area contributed by atoms with Crippen molar-refractivity contribution in [1.29, 1.82) is 0 Å². The average molecular weight is 330 g/mol. The molecule has 1 aliphatic carbocycles. The number of anilines is 1. The van der Waals surface area contributed by atoms with Gasteiger partial charge in [0.05, 0.1) is 11.4 Å². The lowest BCUT2D eigenvalue weighted by Crippen LogP contribution is -2.44. The molecule has 0 spiro atoms. The molecule has 1 heterocycles. The second-order valence-electron chi connectivity index (χ2n) is 6.48. The van der Waals surface area contributed by atoms with E-state index in [0.29, 0.717) is 17.3 Å². The molecule has 1 aromatic carbocycles. The van der Waals surface area contributed by atoms with Crippen LogP contribution in [0.1, 0.15) is 32.6 Å². The highest BCUT2D eigenvalue weighted by molar-refractivity contribution is 5.91. The summed E-state index contributed by atoms with van der Waals surface area (Å²) in [4.78, 5) is 14.4. The zero-order valence-electron chi connectivity index (χ0n) is 14.1. The molecule has 1 saturated carbocycles. The van der Waals surface area contributed by atoms with Crippen LogP contribution in [0.3, 0.4) is 0 Å². The van der Waals surface area contributed by atoms with Gasteiger partial charge in [0.25, 0.3) is 0 Å². The second-order valence-corrected chi connectivity index (χ2v) is 6.48. The Morgan fingerprint density at radius 2 is 2.17 bits per heavy atom. The third-order valence-electron chi connectivity index (χ3n) is 4.84. The van der Waals surface area contributed by atoms with Crippen molar-refractivity contribution >= 4 is 11.7 Å². The number of halogens is 1. The van der Waals surface area contributed by atoms with Crippen molar-refractivity contribution in [3.63, 3.8) is 0 Å². The van der Waals surface area contributed by atoms with Crippen LogP contribution in [0.5, 0.6) is 0 Å². The second kappa shape index (κ2) is 7.03. The Morgan fingerprint density at radius 3 is 2.88 bits per heavy atom. The molecular weight excluding hydrogens is 307 g/mol. The summed E-state index contributed by atoms with van der Waals surface area (Å²) in [6.07, 6.45) is 7.92. The highest BCUT2D eigenvalue weighted by Gasteiger charge is 2.28. The quantitative estimate of drug-likeness (QED) is 0.923. The standard InChI is InChI=1S/C18H23FN4O/c1-13-6-3-4-7-16(13)22(2)18(24)21-15-12-14(19)8-9-17(15)23-11-5-10-20-23/h5,8-13,16H,3-4,6-7H2,1-2H3,(H,21,24). The maximum atomic E-state index is 13.7. The number of amides is 2. The third-order valence-corrected chi connectivity index (χ3v) is 4.84. The summed E-state index contributed by atoms with van der Waals surface area (Å²) in [5, 5.41) is 7.00. The summed E-state index contributed by atoms with van der Waals surface area (Å²) in [7, 11) is 1.81. The number of carbonyl (C=O) groups excluding carboxylic acids is 1. The van der Waals surface area contributed by atoms with Gasteiger partial charge in [0, 0.05) is 25.5 Å². The van der Waals surface area contributed by atoms with Gasteiger partial charge in [-0.2, -0.15) is 5.10 Å². The first-order chi connectivity index (χ1) is 11.6. The fourth-order valence-electron chi connectivity index (χ4n) is 3.45. The largest absolute Gasteiger partial charge is 0.324 e. The van der Waals surface area contributed by atoms with Crippen molar-refractivity contribution in [3.05, 3.63) is 42.5 Å².